The van der Waals surface area contributed by atoms with Gasteiger partial charge in [0.1, 0.15) is 0 Å². The van der Waals surface area contributed by atoms with Gasteiger partial charge in [-0.3, -0.25) is 4.84 Å². The first-order valence-electron chi connectivity index (χ1n) is 5.77. The van der Waals surface area contributed by atoms with Crippen molar-refractivity contribution in [1.29, 1.82) is 5.26 Å². The van der Waals surface area contributed by atoms with Crippen LogP contribution in [0.5, 0.6) is 0 Å². The fraction of sp³-hybridized carbons (Fsp3) is 0.909. The van der Waals surface area contributed by atoms with Crippen molar-refractivity contribution in [2.45, 2.75) is 53.1 Å². The van der Waals surface area contributed by atoms with Gasteiger partial charge in [-0.1, -0.05) is 34.6 Å². The van der Waals surface area contributed by atoms with Gasteiger partial charge in [-0.05, 0) is 0 Å². The molecule has 0 saturated carbocycles. The second-order valence-electron chi connectivity index (χ2n) is 3.87. The zero-order valence-corrected chi connectivity index (χ0v) is 11.1. The van der Waals surface area contributed by atoms with Crippen LogP contribution in [0.25, 0.3) is 0 Å². The first-order chi connectivity index (χ1) is 7.54. The molecule has 0 bridgehead atoms. The fourth-order valence-corrected chi connectivity index (χ4v) is 0.938. The van der Waals surface area contributed by atoms with E-state index in [9.17, 15) is 0 Å². The molecule has 0 unspecified atom stereocenters. The van der Waals surface area contributed by atoms with Crippen LogP contribution in [0.15, 0.2) is 0 Å². The first-order valence-corrected chi connectivity index (χ1v) is 5.77. The van der Waals surface area contributed by atoms with Crippen molar-refractivity contribution in [2.24, 2.45) is 0 Å². The van der Waals surface area contributed by atoms with E-state index in [1.54, 1.807) is 0 Å². The molecule has 0 aromatic rings. The molecule has 0 radical (unpaired) electrons. The van der Waals surface area contributed by atoms with Crippen molar-refractivity contribution in [1.82, 2.24) is 16.3 Å². The van der Waals surface area contributed by atoms with Crippen molar-refractivity contribution in [2.75, 3.05) is 13.2 Å². The lowest BCUT2D eigenvalue weighted by Crippen LogP contribution is -2.31. The molecule has 0 aliphatic rings. The van der Waals surface area contributed by atoms with Gasteiger partial charge in [0.25, 0.3) is 0 Å². The van der Waals surface area contributed by atoms with E-state index in [1.165, 1.54) is 0 Å². The topological polar surface area (TPSA) is 69.1 Å². The average molecular weight is 230 g/mol. The first kappa shape index (κ1) is 17.7. The van der Waals surface area contributed by atoms with Crippen LogP contribution in [0, 0.1) is 11.3 Å². The predicted octanol–water partition coefficient (Wildman–Crippen LogP) is 1.34. The van der Waals surface area contributed by atoms with E-state index < -0.39 is 0 Å². The Morgan fingerprint density at radius 2 is 1.75 bits per heavy atom. The Morgan fingerprint density at radius 1 is 1.19 bits per heavy atom. The Bertz CT molecular complexity index is 160. The Hall–Kier alpha value is -0.670. The highest BCUT2D eigenvalue weighted by molar-refractivity contribution is 4.66. The number of hydrogen-bond donors (Lipinski definition) is 3. The number of nitrogens with one attached hydrogen (secondary N) is 3. The van der Waals surface area contributed by atoms with Crippen LogP contribution in [0.1, 0.15) is 41.0 Å². The highest BCUT2D eigenvalue weighted by atomic mass is 16.7. The zero-order valence-electron chi connectivity index (χ0n) is 11.1. The van der Waals surface area contributed by atoms with Gasteiger partial charge in [-0.15, -0.1) is 5.59 Å². The van der Waals surface area contributed by atoms with E-state index >= 15 is 0 Å². The van der Waals surface area contributed by atoms with E-state index in [2.05, 4.69) is 44.0 Å². The quantitative estimate of drug-likeness (QED) is 0.455. The smallest absolute Gasteiger partial charge is 0.0828 e. The number of nitriles is 1. The summed E-state index contributed by atoms with van der Waals surface area (Å²) in [6.07, 6.45) is 0.415. The molecule has 0 rings (SSSR count). The third-order valence-electron chi connectivity index (χ3n) is 1.30. The third-order valence-corrected chi connectivity index (χ3v) is 1.30. The Kier molecular flexibility index (Phi) is 15.9. The standard InChI is InChI=1S/C6H15N.C5H11N3O/c1-5(2)7-6(3)4;1-2-7-8-9-5-3-4-6/h5-7H,1-4H3;7-8H,2-3,5H2,1H3. The third kappa shape index (κ3) is 23.3. The molecule has 16 heavy (non-hydrogen) atoms. The van der Waals surface area contributed by atoms with E-state index in [0.29, 0.717) is 25.1 Å². The Labute approximate surface area is 99.5 Å². The highest BCUT2D eigenvalue weighted by Crippen LogP contribution is 1.80. The summed E-state index contributed by atoms with van der Waals surface area (Å²) >= 11 is 0. The molecule has 0 amide bonds. The molecule has 0 fully saturated rings. The van der Waals surface area contributed by atoms with Crippen LogP contribution in [0.4, 0.5) is 0 Å². The summed E-state index contributed by atoms with van der Waals surface area (Å²) in [5.74, 6) is 0. The maximum absolute atomic E-state index is 8.04. The molecule has 0 aromatic carbocycles. The van der Waals surface area contributed by atoms with Crippen LogP contribution in [0.3, 0.4) is 0 Å². The summed E-state index contributed by atoms with van der Waals surface area (Å²) in [6, 6.07) is 3.20. The molecule has 0 atom stereocenters. The molecule has 5 nitrogen and oxygen atoms in total. The van der Waals surface area contributed by atoms with Crippen LogP contribution in [-0.4, -0.2) is 25.2 Å². The fourth-order valence-electron chi connectivity index (χ4n) is 0.938. The summed E-state index contributed by atoms with van der Waals surface area (Å²) in [6.45, 7) is 11.8. The Morgan fingerprint density at radius 3 is 2.06 bits per heavy atom. The lowest BCUT2D eigenvalue weighted by Gasteiger charge is -2.10. The van der Waals surface area contributed by atoms with E-state index in [1.807, 2.05) is 13.0 Å². The number of rotatable bonds is 7. The van der Waals surface area contributed by atoms with Gasteiger partial charge in [-0.25, -0.2) is 5.43 Å². The van der Waals surface area contributed by atoms with Crippen LogP contribution in [0.2, 0.25) is 0 Å². The molecular weight excluding hydrogens is 204 g/mol. The number of hydrazine groups is 1. The summed E-state index contributed by atoms with van der Waals surface area (Å²) in [5, 5.41) is 11.4. The molecule has 0 saturated heterocycles. The van der Waals surface area contributed by atoms with Crippen LogP contribution < -0.4 is 16.3 Å². The van der Waals surface area contributed by atoms with Crippen LogP contribution in [-0.2, 0) is 4.84 Å². The summed E-state index contributed by atoms with van der Waals surface area (Å²) in [4.78, 5) is 4.73. The van der Waals surface area contributed by atoms with Gasteiger partial charge in [0.15, 0.2) is 0 Å². The minimum atomic E-state index is 0.415. The number of nitrogens with zero attached hydrogens (tertiary/aromatic N) is 1. The highest BCUT2D eigenvalue weighted by Gasteiger charge is 1.92. The van der Waals surface area contributed by atoms with Gasteiger partial charge in [0.2, 0.25) is 0 Å². The van der Waals surface area contributed by atoms with E-state index in [-0.39, 0.29) is 0 Å². The largest absolute Gasteiger partial charge is 0.312 e. The minimum absolute atomic E-state index is 0.415. The van der Waals surface area contributed by atoms with Crippen LogP contribution >= 0.6 is 0 Å². The minimum Gasteiger partial charge on any atom is -0.312 e. The van der Waals surface area contributed by atoms with Crippen molar-refractivity contribution in [3.63, 3.8) is 0 Å². The van der Waals surface area contributed by atoms with Crippen molar-refractivity contribution < 1.29 is 4.84 Å². The molecule has 0 heterocycles. The van der Waals surface area contributed by atoms with E-state index in [0.717, 1.165) is 6.54 Å². The lowest BCUT2D eigenvalue weighted by atomic mass is 10.3. The van der Waals surface area contributed by atoms with E-state index in [4.69, 9.17) is 10.1 Å². The van der Waals surface area contributed by atoms with Gasteiger partial charge in [0, 0.05) is 18.6 Å². The van der Waals surface area contributed by atoms with Crippen molar-refractivity contribution >= 4 is 0 Å². The monoisotopic (exact) mass is 230 g/mol. The van der Waals surface area contributed by atoms with Gasteiger partial charge >= 0.3 is 0 Å². The molecule has 3 N–H and O–H groups in total. The van der Waals surface area contributed by atoms with Crippen molar-refractivity contribution in [3.05, 3.63) is 0 Å². The SMILES string of the molecule is CC(C)NC(C)C.CCNNOCCC#N. The molecule has 0 aliphatic carbocycles. The van der Waals surface area contributed by atoms with Gasteiger partial charge in [-0.2, -0.15) is 5.26 Å². The summed E-state index contributed by atoms with van der Waals surface area (Å²) < 4.78 is 0. The van der Waals surface area contributed by atoms with Crippen molar-refractivity contribution in [3.8, 4) is 6.07 Å². The second kappa shape index (κ2) is 14.3. The summed E-state index contributed by atoms with van der Waals surface area (Å²) in [7, 11) is 0. The maximum atomic E-state index is 8.04. The normalized spacial score (nSPS) is 9.88. The lowest BCUT2D eigenvalue weighted by molar-refractivity contribution is 0.0156. The molecule has 5 heteroatoms. The van der Waals surface area contributed by atoms with Gasteiger partial charge in [0.05, 0.1) is 19.1 Å². The molecule has 96 valence electrons. The molecule has 0 spiro atoms. The predicted molar refractivity (Wildman–Crippen MR) is 66.4 cm³/mol. The second-order valence-corrected chi connectivity index (χ2v) is 3.87. The number of hydrogen-bond acceptors (Lipinski definition) is 5. The molecular formula is C11H26N4O. The molecule has 0 aliphatic heterocycles. The Balaban J connectivity index is 0. The van der Waals surface area contributed by atoms with Gasteiger partial charge < -0.3 is 5.32 Å². The average Bonchev–Trinajstić information content (AvgIpc) is 2.16. The summed E-state index contributed by atoms with van der Waals surface area (Å²) in [5.41, 5.74) is 5.19. The zero-order chi connectivity index (χ0) is 12.8. The molecule has 0 aromatic heterocycles. The maximum Gasteiger partial charge on any atom is 0.0828 e.